The normalized spacial score (nSPS) is 10.5. The maximum atomic E-state index is 5.46. The van der Waals surface area contributed by atoms with Crippen LogP contribution in [0.25, 0.3) is 0 Å². The minimum atomic E-state index is 0.707. The van der Waals surface area contributed by atoms with E-state index in [4.69, 9.17) is 5.73 Å². The molecule has 2 N–H and O–H groups in total. The summed E-state index contributed by atoms with van der Waals surface area (Å²) < 4.78 is 1.92. The average molecular weight is 153 g/mol. The van der Waals surface area contributed by atoms with Gasteiger partial charge in [-0.25, -0.2) is 0 Å². The molecule has 0 aromatic carbocycles. The van der Waals surface area contributed by atoms with Crippen molar-refractivity contribution in [3.8, 4) is 0 Å². The number of hydrogen-bond acceptors (Lipinski definition) is 2. The minimum absolute atomic E-state index is 0.707. The van der Waals surface area contributed by atoms with Crippen LogP contribution in [0, 0.1) is 0 Å². The predicted octanol–water partition coefficient (Wildman–Crippen LogP) is 0.484. The summed E-state index contributed by atoms with van der Waals surface area (Å²) in [7, 11) is 1.97. The van der Waals surface area contributed by atoms with Crippen LogP contribution in [-0.4, -0.2) is 16.3 Å². The fraction of sp³-hybridized carbons (Fsp3) is 0.625. The van der Waals surface area contributed by atoms with Gasteiger partial charge >= 0.3 is 0 Å². The molecule has 0 aliphatic heterocycles. The molecule has 3 nitrogen and oxygen atoms in total. The Balaban J connectivity index is 2.86. The summed E-state index contributed by atoms with van der Waals surface area (Å²) in [5.74, 6) is 0. The Morgan fingerprint density at radius 2 is 2.36 bits per heavy atom. The molecule has 1 rings (SSSR count). The molecule has 0 aliphatic carbocycles. The van der Waals surface area contributed by atoms with Gasteiger partial charge in [-0.15, -0.1) is 0 Å². The third-order valence-electron chi connectivity index (χ3n) is 1.90. The van der Waals surface area contributed by atoms with Gasteiger partial charge in [-0.2, -0.15) is 5.10 Å². The first kappa shape index (κ1) is 8.27. The number of hydrogen-bond donors (Lipinski definition) is 1. The van der Waals surface area contributed by atoms with E-state index in [0.717, 1.165) is 12.8 Å². The molecular formula is C8H15N3. The highest BCUT2D eigenvalue weighted by Gasteiger charge is 2.03. The minimum Gasteiger partial charge on any atom is -0.330 e. The van der Waals surface area contributed by atoms with Crippen molar-refractivity contribution in [2.75, 3.05) is 6.54 Å². The highest BCUT2D eigenvalue weighted by atomic mass is 15.3. The molecule has 1 aromatic heterocycles. The highest BCUT2D eigenvalue weighted by Crippen LogP contribution is 2.07. The molecule has 0 radical (unpaired) electrons. The lowest BCUT2D eigenvalue weighted by Gasteiger charge is -2.00. The quantitative estimate of drug-likeness (QED) is 0.686. The zero-order chi connectivity index (χ0) is 8.27. The van der Waals surface area contributed by atoms with Gasteiger partial charge < -0.3 is 5.73 Å². The topological polar surface area (TPSA) is 43.8 Å². The lowest BCUT2D eigenvalue weighted by Crippen LogP contribution is -2.05. The van der Waals surface area contributed by atoms with Crippen LogP contribution in [0.3, 0.4) is 0 Å². The van der Waals surface area contributed by atoms with E-state index in [9.17, 15) is 0 Å². The van der Waals surface area contributed by atoms with Crippen LogP contribution in [0.15, 0.2) is 6.20 Å². The molecule has 1 heterocycles. The van der Waals surface area contributed by atoms with Crippen molar-refractivity contribution in [3.63, 3.8) is 0 Å². The Kier molecular flexibility index (Phi) is 2.65. The molecule has 1 aromatic rings. The highest BCUT2D eigenvalue weighted by molar-refractivity contribution is 5.17. The zero-order valence-electron chi connectivity index (χ0n) is 7.17. The van der Waals surface area contributed by atoms with E-state index in [-0.39, 0.29) is 0 Å². The van der Waals surface area contributed by atoms with Gasteiger partial charge in [0, 0.05) is 12.7 Å². The molecule has 0 amide bonds. The molecule has 0 spiro atoms. The van der Waals surface area contributed by atoms with Crippen LogP contribution in [0.1, 0.15) is 18.2 Å². The molecule has 0 atom stereocenters. The van der Waals surface area contributed by atoms with E-state index in [2.05, 4.69) is 12.0 Å². The Labute approximate surface area is 67.2 Å². The summed E-state index contributed by atoms with van der Waals surface area (Å²) in [6.45, 7) is 2.84. The van der Waals surface area contributed by atoms with Crippen LogP contribution in [0.5, 0.6) is 0 Å². The van der Waals surface area contributed by atoms with Crippen molar-refractivity contribution in [1.29, 1.82) is 0 Å². The van der Waals surface area contributed by atoms with Gasteiger partial charge in [-0.3, -0.25) is 4.68 Å². The number of nitrogens with two attached hydrogens (primary N) is 1. The van der Waals surface area contributed by atoms with E-state index in [1.54, 1.807) is 0 Å². The molecule has 0 bridgehead atoms. The van der Waals surface area contributed by atoms with E-state index in [1.165, 1.54) is 11.3 Å². The van der Waals surface area contributed by atoms with Crippen molar-refractivity contribution in [3.05, 3.63) is 17.5 Å². The third kappa shape index (κ3) is 1.60. The molecule has 0 fully saturated rings. The fourth-order valence-electron chi connectivity index (χ4n) is 1.33. The van der Waals surface area contributed by atoms with E-state index < -0.39 is 0 Å². The Bertz CT molecular complexity index is 227. The van der Waals surface area contributed by atoms with Crippen molar-refractivity contribution in [1.82, 2.24) is 9.78 Å². The van der Waals surface area contributed by atoms with Crippen molar-refractivity contribution in [2.24, 2.45) is 12.8 Å². The smallest absolute Gasteiger partial charge is 0.0525 e. The first-order chi connectivity index (χ1) is 5.29. The van der Waals surface area contributed by atoms with Gasteiger partial charge in [0.05, 0.1) is 6.20 Å². The molecule has 0 unspecified atom stereocenters. The molecule has 62 valence electrons. The van der Waals surface area contributed by atoms with Crippen LogP contribution in [0.4, 0.5) is 0 Å². The number of aromatic nitrogens is 2. The van der Waals surface area contributed by atoms with Gasteiger partial charge in [0.1, 0.15) is 0 Å². The van der Waals surface area contributed by atoms with Crippen molar-refractivity contribution in [2.45, 2.75) is 19.8 Å². The summed E-state index contributed by atoms with van der Waals surface area (Å²) >= 11 is 0. The Morgan fingerprint density at radius 3 is 2.91 bits per heavy atom. The van der Waals surface area contributed by atoms with E-state index in [1.807, 2.05) is 17.9 Å². The summed E-state index contributed by atoms with van der Waals surface area (Å²) in [6.07, 6.45) is 3.88. The summed E-state index contributed by atoms with van der Waals surface area (Å²) in [6, 6.07) is 0. The molecule has 0 aliphatic rings. The third-order valence-corrected chi connectivity index (χ3v) is 1.90. The van der Waals surface area contributed by atoms with Crippen LogP contribution >= 0.6 is 0 Å². The average Bonchev–Trinajstić information content (AvgIpc) is 2.33. The zero-order valence-corrected chi connectivity index (χ0v) is 7.17. The van der Waals surface area contributed by atoms with Gasteiger partial charge in [-0.1, -0.05) is 6.92 Å². The summed E-state index contributed by atoms with van der Waals surface area (Å²) in [5, 5.41) is 4.17. The van der Waals surface area contributed by atoms with Gasteiger partial charge in [0.2, 0.25) is 0 Å². The van der Waals surface area contributed by atoms with E-state index in [0.29, 0.717) is 6.54 Å². The lowest BCUT2D eigenvalue weighted by atomic mass is 10.1. The second-order valence-electron chi connectivity index (χ2n) is 2.63. The maximum absolute atomic E-state index is 5.46. The number of nitrogens with zero attached hydrogens (tertiary/aromatic N) is 2. The van der Waals surface area contributed by atoms with Crippen LogP contribution in [-0.2, 0) is 19.9 Å². The standard InChI is InChI=1S/C8H15N3/c1-3-8-7(4-5-9)6-10-11(8)2/h6H,3-5,9H2,1-2H3. The SMILES string of the molecule is CCc1c(CCN)cnn1C. The Hall–Kier alpha value is -0.830. The summed E-state index contributed by atoms with van der Waals surface area (Å²) in [4.78, 5) is 0. The predicted molar refractivity (Wildman–Crippen MR) is 45.3 cm³/mol. The molecule has 0 saturated heterocycles. The molecule has 11 heavy (non-hydrogen) atoms. The second kappa shape index (κ2) is 3.53. The molecule has 0 saturated carbocycles. The first-order valence-electron chi connectivity index (χ1n) is 3.99. The largest absolute Gasteiger partial charge is 0.330 e. The summed E-state index contributed by atoms with van der Waals surface area (Å²) in [5.41, 5.74) is 8.05. The number of aryl methyl sites for hydroxylation is 1. The van der Waals surface area contributed by atoms with E-state index >= 15 is 0 Å². The molecule has 3 heteroatoms. The van der Waals surface area contributed by atoms with Crippen LogP contribution in [0.2, 0.25) is 0 Å². The monoisotopic (exact) mass is 153 g/mol. The van der Waals surface area contributed by atoms with Gasteiger partial charge in [0.25, 0.3) is 0 Å². The number of rotatable bonds is 3. The van der Waals surface area contributed by atoms with Crippen molar-refractivity contribution < 1.29 is 0 Å². The van der Waals surface area contributed by atoms with Crippen molar-refractivity contribution >= 4 is 0 Å². The van der Waals surface area contributed by atoms with Gasteiger partial charge in [0.15, 0.2) is 0 Å². The van der Waals surface area contributed by atoms with Crippen LogP contribution < -0.4 is 5.73 Å². The van der Waals surface area contributed by atoms with Gasteiger partial charge in [-0.05, 0) is 24.9 Å². The lowest BCUT2D eigenvalue weighted by molar-refractivity contribution is 0.714. The maximum Gasteiger partial charge on any atom is 0.0525 e. The second-order valence-corrected chi connectivity index (χ2v) is 2.63. The molecular weight excluding hydrogens is 138 g/mol. The fourth-order valence-corrected chi connectivity index (χ4v) is 1.33. The Morgan fingerprint density at radius 1 is 1.64 bits per heavy atom. The first-order valence-corrected chi connectivity index (χ1v) is 3.99.